The minimum atomic E-state index is -0.982. The minimum Gasteiger partial charge on any atom is -0.491 e. The van der Waals surface area contributed by atoms with Gasteiger partial charge in [-0.25, -0.2) is 14.8 Å². The molecular weight excluding hydrogens is 470 g/mol. The Morgan fingerprint density at radius 1 is 1.06 bits per heavy atom. The van der Waals surface area contributed by atoms with Gasteiger partial charge in [0.25, 0.3) is 0 Å². The van der Waals surface area contributed by atoms with Crippen molar-refractivity contribution in [1.29, 1.82) is 0 Å². The van der Waals surface area contributed by atoms with E-state index >= 15 is 0 Å². The SMILES string of the molecule is CCN(CCOc1cccc2ncnc(Nc3ccc(OCc4ccccn4)c(Cl)c3)c12)C(=O)O. The Kier molecular flexibility index (Phi) is 7.79. The van der Waals surface area contributed by atoms with Gasteiger partial charge in [0.1, 0.15) is 36.9 Å². The average Bonchev–Trinajstić information content (AvgIpc) is 2.86. The Labute approximate surface area is 207 Å². The summed E-state index contributed by atoms with van der Waals surface area (Å²) in [6, 6.07) is 16.5. The second-order valence-electron chi connectivity index (χ2n) is 7.46. The van der Waals surface area contributed by atoms with Crippen LogP contribution in [0.4, 0.5) is 16.3 Å². The molecule has 2 aromatic heterocycles. The third-order valence-electron chi connectivity index (χ3n) is 5.19. The van der Waals surface area contributed by atoms with Crippen LogP contribution in [0.15, 0.2) is 67.1 Å². The highest BCUT2D eigenvalue weighted by Gasteiger charge is 2.13. The van der Waals surface area contributed by atoms with Crippen molar-refractivity contribution in [1.82, 2.24) is 19.9 Å². The summed E-state index contributed by atoms with van der Waals surface area (Å²) < 4.78 is 11.7. The molecule has 1 amide bonds. The van der Waals surface area contributed by atoms with E-state index in [1.807, 2.05) is 36.4 Å². The Hall–Kier alpha value is -4.11. The number of anilines is 2. The van der Waals surface area contributed by atoms with Crippen molar-refractivity contribution < 1.29 is 19.4 Å². The van der Waals surface area contributed by atoms with E-state index in [9.17, 15) is 9.90 Å². The number of fused-ring (bicyclic) bond motifs is 1. The van der Waals surface area contributed by atoms with Crippen LogP contribution >= 0.6 is 11.6 Å². The number of pyridine rings is 1. The van der Waals surface area contributed by atoms with E-state index in [0.717, 1.165) is 5.69 Å². The highest BCUT2D eigenvalue weighted by atomic mass is 35.5. The molecule has 9 nitrogen and oxygen atoms in total. The average molecular weight is 494 g/mol. The van der Waals surface area contributed by atoms with E-state index in [2.05, 4.69) is 20.3 Å². The molecule has 2 heterocycles. The molecule has 0 unspecified atom stereocenters. The van der Waals surface area contributed by atoms with Crippen molar-refractivity contribution in [3.63, 3.8) is 0 Å². The van der Waals surface area contributed by atoms with Gasteiger partial charge < -0.3 is 24.8 Å². The van der Waals surface area contributed by atoms with Crippen LogP contribution in [0.3, 0.4) is 0 Å². The van der Waals surface area contributed by atoms with Crippen LogP contribution in [0.2, 0.25) is 5.02 Å². The topological polar surface area (TPSA) is 110 Å². The molecule has 0 radical (unpaired) electrons. The van der Waals surface area contributed by atoms with E-state index in [1.54, 1.807) is 31.3 Å². The molecule has 0 aliphatic carbocycles. The zero-order chi connectivity index (χ0) is 24.6. The van der Waals surface area contributed by atoms with Gasteiger partial charge in [0.2, 0.25) is 0 Å². The third-order valence-corrected chi connectivity index (χ3v) is 5.49. The van der Waals surface area contributed by atoms with Gasteiger partial charge >= 0.3 is 6.09 Å². The number of amides is 1. The van der Waals surface area contributed by atoms with Crippen molar-refractivity contribution in [2.75, 3.05) is 25.0 Å². The van der Waals surface area contributed by atoms with E-state index in [-0.39, 0.29) is 13.2 Å². The maximum absolute atomic E-state index is 11.2. The monoisotopic (exact) mass is 493 g/mol. The number of carbonyl (C=O) groups is 1. The molecule has 0 spiro atoms. The van der Waals surface area contributed by atoms with Gasteiger partial charge in [-0.1, -0.05) is 23.7 Å². The van der Waals surface area contributed by atoms with Gasteiger partial charge in [-0.15, -0.1) is 0 Å². The number of hydrogen-bond acceptors (Lipinski definition) is 7. The van der Waals surface area contributed by atoms with Gasteiger partial charge in [0.05, 0.1) is 28.2 Å². The summed E-state index contributed by atoms with van der Waals surface area (Å²) >= 11 is 6.45. The molecule has 4 rings (SSSR count). The summed E-state index contributed by atoms with van der Waals surface area (Å²) in [4.78, 5) is 25.5. The lowest BCUT2D eigenvalue weighted by molar-refractivity contribution is 0.138. The number of halogens is 1. The Morgan fingerprint density at radius 3 is 2.69 bits per heavy atom. The van der Waals surface area contributed by atoms with Crippen molar-refractivity contribution >= 4 is 40.1 Å². The molecule has 0 aliphatic heterocycles. The molecule has 0 bridgehead atoms. The number of likely N-dealkylation sites (N-methyl/N-ethyl adjacent to an activating group) is 1. The van der Waals surface area contributed by atoms with Crippen molar-refractivity contribution in [3.05, 3.63) is 77.8 Å². The summed E-state index contributed by atoms with van der Waals surface area (Å²) in [6.07, 6.45) is 2.19. The highest BCUT2D eigenvalue weighted by Crippen LogP contribution is 2.34. The fraction of sp³-hybridized carbons (Fsp3) is 0.200. The lowest BCUT2D eigenvalue weighted by Gasteiger charge is -2.18. The molecule has 0 aliphatic rings. The van der Waals surface area contributed by atoms with E-state index < -0.39 is 6.09 Å². The second kappa shape index (κ2) is 11.3. The smallest absolute Gasteiger partial charge is 0.407 e. The largest absolute Gasteiger partial charge is 0.491 e. The Balaban J connectivity index is 1.50. The zero-order valence-corrected chi connectivity index (χ0v) is 19.8. The van der Waals surface area contributed by atoms with Crippen LogP contribution in [0, 0.1) is 0 Å². The third kappa shape index (κ3) is 6.07. The quantitative estimate of drug-likeness (QED) is 0.303. The fourth-order valence-electron chi connectivity index (χ4n) is 3.42. The maximum Gasteiger partial charge on any atom is 0.407 e. The maximum atomic E-state index is 11.2. The number of hydrogen-bond donors (Lipinski definition) is 2. The number of nitrogens with zero attached hydrogens (tertiary/aromatic N) is 4. The lowest BCUT2D eigenvalue weighted by Crippen LogP contribution is -2.33. The van der Waals surface area contributed by atoms with Gasteiger partial charge in [0, 0.05) is 18.4 Å². The number of benzene rings is 2. The van der Waals surface area contributed by atoms with E-state index in [0.29, 0.717) is 52.1 Å². The van der Waals surface area contributed by atoms with Gasteiger partial charge in [-0.05, 0) is 49.4 Å². The van der Waals surface area contributed by atoms with Gasteiger partial charge in [-0.3, -0.25) is 4.98 Å². The van der Waals surface area contributed by atoms with E-state index in [4.69, 9.17) is 21.1 Å². The first-order chi connectivity index (χ1) is 17.0. The van der Waals surface area contributed by atoms with Gasteiger partial charge in [0.15, 0.2) is 0 Å². The summed E-state index contributed by atoms with van der Waals surface area (Å²) in [5, 5.41) is 13.6. The van der Waals surface area contributed by atoms with Crippen LogP contribution in [0.1, 0.15) is 12.6 Å². The van der Waals surface area contributed by atoms with E-state index in [1.165, 1.54) is 11.2 Å². The first-order valence-electron chi connectivity index (χ1n) is 11.0. The molecule has 2 N–H and O–H groups in total. The zero-order valence-electron chi connectivity index (χ0n) is 19.0. The molecule has 10 heteroatoms. The number of nitrogens with one attached hydrogen (secondary N) is 1. The summed E-state index contributed by atoms with van der Waals surface area (Å²) in [6.45, 7) is 2.91. The van der Waals surface area contributed by atoms with Crippen LogP contribution < -0.4 is 14.8 Å². The van der Waals surface area contributed by atoms with Crippen LogP contribution in [-0.4, -0.2) is 50.7 Å². The summed E-state index contributed by atoms with van der Waals surface area (Å²) in [5.41, 5.74) is 2.20. The molecular formula is C25H24ClN5O4. The summed E-state index contributed by atoms with van der Waals surface area (Å²) in [5.74, 6) is 1.63. The standard InChI is InChI=1S/C25H24ClN5O4/c1-2-31(25(32)33)12-13-34-22-8-5-7-20-23(22)24(29-16-28-20)30-17-9-10-21(19(26)14-17)35-15-18-6-3-4-11-27-18/h3-11,14,16H,2,12-13,15H2,1H3,(H,32,33)(H,28,29,30). The van der Waals surface area contributed by atoms with Crippen molar-refractivity contribution in [2.45, 2.75) is 13.5 Å². The predicted molar refractivity (Wildman–Crippen MR) is 134 cm³/mol. The molecule has 2 aromatic carbocycles. The predicted octanol–water partition coefficient (Wildman–Crippen LogP) is 5.38. The summed E-state index contributed by atoms with van der Waals surface area (Å²) in [7, 11) is 0. The van der Waals surface area contributed by atoms with Crippen LogP contribution in [0.5, 0.6) is 11.5 Å². The van der Waals surface area contributed by atoms with Crippen LogP contribution in [-0.2, 0) is 6.61 Å². The first kappa shape index (κ1) is 24.0. The van der Waals surface area contributed by atoms with Crippen LogP contribution in [0.25, 0.3) is 10.9 Å². The molecule has 4 aromatic rings. The molecule has 35 heavy (non-hydrogen) atoms. The highest BCUT2D eigenvalue weighted by molar-refractivity contribution is 6.32. The number of aromatic nitrogens is 3. The normalized spacial score (nSPS) is 10.7. The fourth-order valence-corrected chi connectivity index (χ4v) is 3.65. The Morgan fingerprint density at radius 2 is 1.94 bits per heavy atom. The lowest BCUT2D eigenvalue weighted by atomic mass is 10.2. The minimum absolute atomic E-state index is 0.196. The van der Waals surface area contributed by atoms with Crippen molar-refractivity contribution in [2.24, 2.45) is 0 Å². The number of carboxylic acid groups (broad SMARTS) is 1. The molecule has 0 saturated carbocycles. The molecule has 0 atom stereocenters. The number of rotatable bonds is 10. The Bertz CT molecular complexity index is 1300. The van der Waals surface area contributed by atoms with Gasteiger partial charge in [-0.2, -0.15) is 0 Å². The molecule has 0 fully saturated rings. The number of ether oxygens (including phenoxy) is 2. The molecule has 180 valence electrons. The first-order valence-corrected chi connectivity index (χ1v) is 11.4. The molecule has 0 saturated heterocycles. The second-order valence-corrected chi connectivity index (χ2v) is 7.87. The van der Waals surface area contributed by atoms with Crippen molar-refractivity contribution in [3.8, 4) is 11.5 Å².